The summed E-state index contributed by atoms with van der Waals surface area (Å²) in [4.78, 5) is 55.0. The minimum absolute atomic E-state index is 0.0760. The summed E-state index contributed by atoms with van der Waals surface area (Å²) in [6.07, 6.45) is 2.17. The van der Waals surface area contributed by atoms with E-state index < -0.39 is 147 Å². The molecule has 94 heavy (non-hydrogen) atoms. The SMILES string of the molecule is CCC(=O)OC1C(OC2C(C)C(OC3CC(C)(OC)C(O)C(C)O3)C(C)C(=O)OC(CC)C(C)(O)C(O)C(C)C(=O)C(C)CC2(C)O)OC(C)CC1N(C)C.CCCCCCCCCCCCOS(=O)(=O)O.O=c1c(O)c(-c2ccc(O)c(O)c2)oc2cc(O)cc(O)c12. The van der Waals surface area contributed by atoms with Gasteiger partial charge in [0.15, 0.2) is 35.9 Å². The van der Waals surface area contributed by atoms with Crippen molar-refractivity contribution in [2.45, 2.75) is 264 Å². The van der Waals surface area contributed by atoms with Crippen LogP contribution in [0.25, 0.3) is 22.3 Å². The fourth-order valence-corrected chi connectivity index (χ4v) is 13.0. The van der Waals surface area contributed by atoms with Crippen molar-refractivity contribution in [2.24, 2.45) is 23.7 Å². The predicted molar refractivity (Wildman–Crippen MR) is 346 cm³/mol. The van der Waals surface area contributed by atoms with Crippen LogP contribution in [0.15, 0.2) is 39.5 Å². The molecule has 1 aromatic heterocycles. The van der Waals surface area contributed by atoms with E-state index in [0.717, 1.165) is 37.1 Å². The van der Waals surface area contributed by atoms with Crippen LogP contribution in [0.4, 0.5) is 0 Å². The largest absolute Gasteiger partial charge is 0.508 e. The Balaban J connectivity index is 0.000000389. The van der Waals surface area contributed by atoms with Gasteiger partial charge in [0.25, 0.3) is 0 Å². The van der Waals surface area contributed by atoms with Crippen LogP contribution in [0.1, 0.15) is 179 Å². The molecule has 3 aliphatic heterocycles. The molecule has 0 amide bonds. The molecule has 2 aromatic carbocycles. The molecule has 3 aromatic rings. The Bertz CT molecular complexity index is 3080. The molecule has 3 saturated heterocycles. The minimum Gasteiger partial charge on any atom is -0.508 e. The second-order valence-electron chi connectivity index (χ2n) is 26.4. The van der Waals surface area contributed by atoms with Crippen molar-refractivity contribution in [1.82, 2.24) is 4.90 Å². The average molecular weight is 1360 g/mol. The lowest BCUT2D eigenvalue weighted by Crippen LogP contribution is -2.61. The van der Waals surface area contributed by atoms with Gasteiger partial charge in [-0.25, -0.2) is 4.18 Å². The second-order valence-corrected chi connectivity index (χ2v) is 27.5. The van der Waals surface area contributed by atoms with Crippen LogP contribution in [-0.2, 0) is 62.1 Å². The van der Waals surface area contributed by atoms with Gasteiger partial charge in [0.2, 0.25) is 11.2 Å². The zero-order valence-electron chi connectivity index (χ0n) is 57.3. The van der Waals surface area contributed by atoms with Crippen LogP contribution in [0.2, 0.25) is 0 Å². The van der Waals surface area contributed by atoms with E-state index in [2.05, 4.69) is 11.1 Å². The Morgan fingerprint density at radius 1 is 0.745 bits per heavy atom. The van der Waals surface area contributed by atoms with E-state index in [4.69, 9.17) is 42.1 Å². The highest BCUT2D eigenvalue weighted by atomic mass is 32.3. The number of ketones is 1. The lowest BCUT2D eigenvalue weighted by atomic mass is 9.74. The molecule has 0 spiro atoms. The number of benzene rings is 2. The third-order valence-electron chi connectivity index (χ3n) is 18.3. The number of methoxy groups -OCH3 is 1. The molecule has 26 nitrogen and oxygen atoms in total. The number of hydrogen-bond acceptors (Lipinski definition) is 25. The van der Waals surface area contributed by atoms with Crippen LogP contribution in [0, 0.1) is 23.7 Å². The number of esters is 2. The molecular formula is C67H107NO25S. The summed E-state index contributed by atoms with van der Waals surface area (Å²) < 4.78 is 82.0. The van der Waals surface area contributed by atoms with Crippen LogP contribution in [-0.4, -0.2) is 194 Å². The normalized spacial score (nSPS) is 32.1. The van der Waals surface area contributed by atoms with Gasteiger partial charge in [-0.2, -0.15) is 8.42 Å². The number of cyclic esters (lactones) is 1. The van der Waals surface area contributed by atoms with Crippen molar-refractivity contribution in [3.8, 4) is 40.1 Å². The van der Waals surface area contributed by atoms with Gasteiger partial charge in [-0.05, 0) is 99.5 Å². The topological polar surface area (TPSA) is 395 Å². The summed E-state index contributed by atoms with van der Waals surface area (Å²) in [6.45, 7) is 20.3. The molecule has 0 radical (unpaired) electrons. The third kappa shape index (κ3) is 21.9. The molecule has 0 saturated carbocycles. The predicted octanol–water partition coefficient (Wildman–Crippen LogP) is 8.46. The number of unbranched alkanes of at least 4 members (excludes halogenated alkanes) is 9. The number of aliphatic hydroxyl groups is 4. The Labute approximate surface area is 552 Å². The summed E-state index contributed by atoms with van der Waals surface area (Å²) >= 11 is 0. The zero-order valence-corrected chi connectivity index (χ0v) is 58.1. The van der Waals surface area contributed by atoms with Crippen LogP contribution in [0.5, 0.6) is 28.7 Å². The molecule has 3 aliphatic rings. The number of aliphatic hydroxyl groups excluding tert-OH is 2. The van der Waals surface area contributed by atoms with Gasteiger partial charge in [0.05, 0.1) is 60.3 Å². The molecule has 0 bridgehead atoms. The second kappa shape index (κ2) is 35.8. The fraction of sp³-hybridized carbons (Fsp3) is 0.731. The molecule has 18 unspecified atom stereocenters. The zero-order chi connectivity index (χ0) is 71.0. The van der Waals surface area contributed by atoms with Crippen LogP contribution < -0.4 is 5.43 Å². The van der Waals surface area contributed by atoms with E-state index in [1.54, 1.807) is 48.5 Å². The highest BCUT2D eigenvalue weighted by Gasteiger charge is 2.54. The summed E-state index contributed by atoms with van der Waals surface area (Å²) in [7, 11) is 0.973. The lowest BCUT2D eigenvalue weighted by Gasteiger charge is -2.49. The molecule has 4 heterocycles. The van der Waals surface area contributed by atoms with E-state index in [9.17, 15) is 73.6 Å². The first-order chi connectivity index (χ1) is 43.8. The quantitative estimate of drug-likeness (QED) is 0.0195. The van der Waals surface area contributed by atoms with Crippen molar-refractivity contribution >= 4 is 39.1 Å². The number of ether oxygens (including phenoxy) is 7. The number of carbonyl (C=O) groups is 3. The molecule has 18 atom stereocenters. The van der Waals surface area contributed by atoms with Gasteiger partial charge in [-0.3, -0.25) is 23.7 Å². The Morgan fingerprint density at radius 2 is 1.35 bits per heavy atom. The maximum Gasteiger partial charge on any atom is 0.397 e. The fourth-order valence-electron chi connectivity index (χ4n) is 12.6. The van der Waals surface area contributed by atoms with Crippen molar-refractivity contribution < 1.29 is 115 Å². The first kappa shape index (κ1) is 81.2. The number of aromatic hydroxyl groups is 5. The molecule has 6 rings (SSSR count). The summed E-state index contributed by atoms with van der Waals surface area (Å²) in [5.74, 6) is -8.30. The van der Waals surface area contributed by atoms with Gasteiger partial charge in [-0.1, -0.05) is 99.3 Å². The highest BCUT2D eigenvalue weighted by Crippen LogP contribution is 2.43. The summed E-state index contributed by atoms with van der Waals surface area (Å²) in [6, 6.07) is 5.32. The van der Waals surface area contributed by atoms with Crippen LogP contribution in [0.3, 0.4) is 0 Å². The third-order valence-corrected chi connectivity index (χ3v) is 18.7. The van der Waals surface area contributed by atoms with Crippen molar-refractivity contribution in [3.05, 3.63) is 40.6 Å². The smallest absolute Gasteiger partial charge is 0.397 e. The van der Waals surface area contributed by atoms with E-state index in [0.29, 0.717) is 12.8 Å². The molecule has 10 N–H and O–H groups in total. The average Bonchev–Trinajstić information content (AvgIpc) is 0.781. The first-order valence-electron chi connectivity index (χ1n) is 32.7. The van der Waals surface area contributed by atoms with Crippen molar-refractivity contribution in [2.75, 3.05) is 27.8 Å². The maximum absolute atomic E-state index is 14.2. The minimum atomic E-state index is -4.23. The number of hydrogen-bond donors (Lipinski definition) is 10. The number of likely N-dealkylation sites (N-methyl/N-ethyl adjacent to an activating group) is 1. The highest BCUT2D eigenvalue weighted by molar-refractivity contribution is 7.80. The van der Waals surface area contributed by atoms with E-state index in [1.165, 1.54) is 78.9 Å². The lowest BCUT2D eigenvalue weighted by molar-refractivity contribution is -0.319. The molecular weight excluding hydrogens is 1250 g/mol. The van der Waals surface area contributed by atoms with Crippen molar-refractivity contribution in [1.29, 1.82) is 0 Å². The molecule has 3 fully saturated rings. The Hall–Kier alpha value is -5.27. The van der Waals surface area contributed by atoms with Crippen molar-refractivity contribution in [3.63, 3.8) is 0 Å². The Kier molecular flexibility index (Phi) is 30.9. The number of carbonyl (C=O) groups excluding carboxylic acids is 3. The first-order valence-corrected chi connectivity index (χ1v) is 34.1. The standard InChI is InChI=1S/C40H71NO14.C15H10O7.C12H26O4S/c1-15-27-40(11,48)33(44)22(5)30(43)20(3)18-38(9,47)35(55-37-32(53-28(42)16-2)26(41(12)13)17-21(4)50-37)23(6)31(24(7)36(46)52-27)54-29-19-39(10,49-14)34(45)25(8)51-29;16-7-4-10(19)12-11(5-7)22-15(14(21)13(12)20)6-1-2-8(17)9(18)3-6;1-2-3-4-5-6-7-8-9-10-11-12-16-17(13,14)15/h20-27,29,31-35,37,44-45,47-48H,15-19H2,1-14H3;1-5,16-19,21H;2-12H2,1H3,(H,13,14,15). The summed E-state index contributed by atoms with van der Waals surface area (Å²) in [5.41, 5.74) is -5.81. The number of fused-ring (bicyclic) bond motifs is 1. The maximum atomic E-state index is 14.2. The number of rotatable bonds is 22. The number of Topliss-reactive ketones (excluding diaryl/α,β-unsaturated/α-hetero) is 1. The van der Waals surface area contributed by atoms with Gasteiger partial charge < -0.3 is 88.4 Å². The van der Waals surface area contributed by atoms with E-state index in [1.807, 2.05) is 25.9 Å². The van der Waals surface area contributed by atoms with Gasteiger partial charge in [0.1, 0.15) is 46.1 Å². The molecule has 0 aliphatic carbocycles. The van der Waals surface area contributed by atoms with Gasteiger partial charge in [-0.15, -0.1) is 0 Å². The van der Waals surface area contributed by atoms with Gasteiger partial charge in [0, 0.05) is 55.4 Å². The van der Waals surface area contributed by atoms with E-state index >= 15 is 0 Å². The Morgan fingerprint density at radius 3 is 1.90 bits per heavy atom. The summed E-state index contributed by atoms with van der Waals surface area (Å²) in [5, 5.41) is 94.2. The monoisotopic (exact) mass is 1360 g/mol. The molecule has 27 heteroatoms. The van der Waals surface area contributed by atoms with Gasteiger partial charge >= 0.3 is 22.3 Å². The molecule has 536 valence electrons. The van der Waals surface area contributed by atoms with Crippen LogP contribution >= 0.6 is 0 Å². The van der Waals surface area contributed by atoms with E-state index in [-0.39, 0.29) is 78.2 Å². The number of phenolic OH excluding ortho intramolecular Hbond substituents is 4. The number of phenols is 4. The number of nitrogens with zero attached hydrogens (tertiary/aromatic N) is 1.